The molecule has 0 bridgehead atoms. The van der Waals surface area contributed by atoms with Crippen LogP contribution in [0.15, 0.2) is 54.1 Å². The Balaban J connectivity index is 2.16. The van der Waals surface area contributed by atoms with Gasteiger partial charge in [-0.25, -0.2) is 0 Å². The summed E-state index contributed by atoms with van der Waals surface area (Å²) in [6, 6.07) is 15.8. The third-order valence-electron chi connectivity index (χ3n) is 3.46. The van der Waals surface area contributed by atoms with Crippen LogP contribution in [0.4, 0.5) is 0 Å². The molecule has 0 saturated carbocycles. The lowest BCUT2D eigenvalue weighted by molar-refractivity contribution is 0.582. The molecule has 20 heavy (non-hydrogen) atoms. The topological polar surface area (TPSA) is 12.0 Å². The van der Waals surface area contributed by atoms with Crippen molar-refractivity contribution in [1.29, 1.82) is 0 Å². The minimum absolute atomic E-state index is 0.432. The average molecular weight is 267 g/mol. The van der Waals surface area contributed by atoms with Gasteiger partial charge in [-0.2, -0.15) is 0 Å². The molecule has 2 aromatic rings. The lowest BCUT2D eigenvalue weighted by Gasteiger charge is -2.16. The first-order valence-electron chi connectivity index (χ1n) is 7.55. The average Bonchev–Trinajstić information content (AvgIpc) is 2.44. The Labute approximate surface area is 122 Å². The standard InChI is InChI=1S/C19H25N/c1-4-11-20-19(12-15(2)3)14-16-9-10-17-7-5-6-8-18(17)13-16/h5-10,12-13,19-20H,4,11,14H2,1-3H3. The number of fused-ring (bicyclic) bond motifs is 1. The highest BCUT2D eigenvalue weighted by Gasteiger charge is 2.06. The molecule has 0 aromatic heterocycles. The van der Waals surface area contributed by atoms with Crippen LogP contribution in [0.3, 0.4) is 0 Å². The molecular weight excluding hydrogens is 242 g/mol. The number of allylic oxidation sites excluding steroid dienone is 1. The molecule has 1 atom stereocenters. The molecular formula is C19H25N. The van der Waals surface area contributed by atoms with Crippen molar-refractivity contribution in [2.24, 2.45) is 0 Å². The highest BCUT2D eigenvalue weighted by atomic mass is 14.9. The zero-order chi connectivity index (χ0) is 14.4. The summed E-state index contributed by atoms with van der Waals surface area (Å²) in [5.74, 6) is 0. The molecule has 2 rings (SSSR count). The van der Waals surface area contributed by atoms with Gasteiger partial charge >= 0.3 is 0 Å². The summed E-state index contributed by atoms with van der Waals surface area (Å²) in [5.41, 5.74) is 2.77. The first-order chi connectivity index (χ1) is 9.69. The molecule has 0 aliphatic heterocycles. The fourth-order valence-electron chi connectivity index (χ4n) is 2.54. The number of nitrogens with one attached hydrogen (secondary N) is 1. The third-order valence-corrected chi connectivity index (χ3v) is 3.46. The summed E-state index contributed by atoms with van der Waals surface area (Å²) in [5, 5.41) is 6.27. The Hall–Kier alpha value is -1.60. The minimum Gasteiger partial charge on any atom is -0.310 e. The van der Waals surface area contributed by atoms with Gasteiger partial charge in [-0.1, -0.05) is 61.0 Å². The van der Waals surface area contributed by atoms with E-state index >= 15 is 0 Å². The minimum atomic E-state index is 0.432. The summed E-state index contributed by atoms with van der Waals surface area (Å²) in [6.07, 6.45) is 4.56. The SMILES string of the molecule is CCCNC(C=C(C)C)Cc1ccc2ccccc2c1. The Kier molecular flexibility index (Phi) is 5.37. The van der Waals surface area contributed by atoms with Gasteiger partial charge in [0.2, 0.25) is 0 Å². The Morgan fingerprint density at radius 2 is 1.85 bits per heavy atom. The zero-order valence-electron chi connectivity index (χ0n) is 12.8. The Bertz CT molecular complexity index is 579. The highest BCUT2D eigenvalue weighted by molar-refractivity contribution is 5.83. The highest BCUT2D eigenvalue weighted by Crippen LogP contribution is 2.17. The molecule has 2 aromatic carbocycles. The van der Waals surface area contributed by atoms with E-state index in [4.69, 9.17) is 0 Å². The molecule has 0 aliphatic carbocycles. The maximum Gasteiger partial charge on any atom is 0.0292 e. The maximum absolute atomic E-state index is 3.62. The van der Waals surface area contributed by atoms with E-state index in [-0.39, 0.29) is 0 Å². The molecule has 0 heterocycles. The van der Waals surface area contributed by atoms with E-state index in [1.807, 2.05) is 0 Å². The third kappa shape index (κ3) is 4.21. The molecule has 0 aliphatic rings. The number of benzene rings is 2. The molecule has 0 fully saturated rings. The number of hydrogen-bond acceptors (Lipinski definition) is 1. The second-order valence-corrected chi connectivity index (χ2v) is 5.69. The van der Waals surface area contributed by atoms with E-state index in [0.29, 0.717) is 6.04 Å². The van der Waals surface area contributed by atoms with Crippen molar-refractivity contribution in [3.63, 3.8) is 0 Å². The monoisotopic (exact) mass is 267 g/mol. The van der Waals surface area contributed by atoms with Gasteiger partial charge in [0.1, 0.15) is 0 Å². The molecule has 0 saturated heterocycles. The van der Waals surface area contributed by atoms with Crippen molar-refractivity contribution in [1.82, 2.24) is 5.32 Å². The van der Waals surface area contributed by atoms with Crippen LogP contribution in [-0.2, 0) is 6.42 Å². The summed E-state index contributed by atoms with van der Waals surface area (Å²) in [7, 11) is 0. The van der Waals surface area contributed by atoms with Crippen LogP contribution in [0.25, 0.3) is 10.8 Å². The van der Waals surface area contributed by atoms with Crippen molar-refractivity contribution >= 4 is 10.8 Å². The predicted molar refractivity (Wildman–Crippen MR) is 89.2 cm³/mol. The van der Waals surface area contributed by atoms with Gasteiger partial charge in [-0.15, -0.1) is 0 Å². The summed E-state index contributed by atoms with van der Waals surface area (Å²) >= 11 is 0. The van der Waals surface area contributed by atoms with Crippen LogP contribution in [0, 0.1) is 0 Å². The van der Waals surface area contributed by atoms with Gasteiger partial charge in [0.05, 0.1) is 0 Å². The first-order valence-corrected chi connectivity index (χ1v) is 7.55. The molecule has 0 spiro atoms. The molecule has 106 valence electrons. The van der Waals surface area contributed by atoms with Crippen molar-refractivity contribution in [3.05, 3.63) is 59.7 Å². The fourth-order valence-corrected chi connectivity index (χ4v) is 2.54. The van der Waals surface area contributed by atoms with Crippen molar-refractivity contribution in [2.75, 3.05) is 6.54 Å². The van der Waals surface area contributed by atoms with E-state index in [1.54, 1.807) is 0 Å². The molecule has 1 N–H and O–H groups in total. The number of rotatable bonds is 6. The second kappa shape index (κ2) is 7.25. The summed E-state index contributed by atoms with van der Waals surface area (Å²) in [6.45, 7) is 7.62. The van der Waals surface area contributed by atoms with Gasteiger partial charge in [-0.3, -0.25) is 0 Å². The summed E-state index contributed by atoms with van der Waals surface area (Å²) in [4.78, 5) is 0. The quantitative estimate of drug-likeness (QED) is 0.747. The maximum atomic E-state index is 3.62. The lowest BCUT2D eigenvalue weighted by Crippen LogP contribution is -2.30. The molecule has 1 heteroatoms. The zero-order valence-corrected chi connectivity index (χ0v) is 12.8. The molecule has 0 radical (unpaired) electrons. The van der Waals surface area contributed by atoms with Gasteiger partial charge in [-0.05, 0) is 49.6 Å². The second-order valence-electron chi connectivity index (χ2n) is 5.69. The van der Waals surface area contributed by atoms with Gasteiger partial charge in [0.15, 0.2) is 0 Å². The Morgan fingerprint density at radius 3 is 2.55 bits per heavy atom. The van der Waals surface area contributed by atoms with Crippen molar-refractivity contribution < 1.29 is 0 Å². The van der Waals surface area contributed by atoms with E-state index in [1.165, 1.54) is 28.3 Å². The van der Waals surface area contributed by atoms with Crippen LogP contribution < -0.4 is 5.32 Å². The van der Waals surface area contributed by atoms with Crippen molar-refractivity contribution in [3.8, 4) is 0 Å². The normalized spacial score (nSPS) is 12.3. The van der Waals surface area contributed by atoms with E-state index in [9.17, 15) is 0 Å². The summed E-state index contributed by atoms with van der Waals surface area (Å²) < 4.78 is 0. The Morgan fingerprint density at radius 1 is 1.10 bits per heavy atom. The van der Waals surface area contributed by atoms with Gasteiger partial charge < -0.3 is 5.32 Å². The van der Waals surface area contributed by atoms with Gasteiger partial charge in [0.25, 0.3) is 0 Å². The number of hydrogen-bond donors (Lipinski definition) is 1. The molecule has 1 nitrogen and oxygen atoms in total. The predicted octanol–water partition coefficient (Wildman–Crippen LogP) is 4.72. The van der Waals surface area contributed by atoms with Crippen LogP contribution in [0.5, 0.6) is 0 Å². The van der Waals surface area contributed by atoms with Gasteiger partial charge in [0, 0.05) is 6.04 Å². The van der Waals surface area contributed by atoms with Crippen LogP contribution in [0.1, 0.15) is 32.8 Å². The lowest BCUT2D eigenvalue weighted by atomic mass is 10.0. The van der Waals surface area contributed by atoms with E-state index in [2.05, 4.69) is 74.6 Å². The van der Waals surface area contributed by atoms with Crippen LogP contribution in [0.2, 0.25) is 0 Å². The fraction of sp³-hybridized carbons (Fsp3) is 0.368. The molecule has 1 unspecified atom stereocenters. The van der Waals surface area contributed by atoms with Crippen LogP contribution >= 0.6 is 0 Å². The smallest absolute Gasteiger partial charge is 0.0292 e. The largest absolute Gasteiger partial charge is 0.310 e. The first kappa shape index (κ1) is 14.8. The van der Waals surface area contributed by atoms with E-state index < -0.39 is 0 Å². The van der Waals surface area contributed by atoms with Crippen molar-refractivity contribution in [2.45, 2.75) is 39.7 Å². The van der Waals surface area contributed by atoms with Crippen LogP contribution in [-0.4, -0.2) is 12.6 Å². The van der Waals surface area contributed by atoms with E-state index in [0.717, 1.165) is 13.0 Å². The molecule has 0 amide bonds.